The van der Waals surface area contributed by atoms with Crippen molar-refractivity contribution in [3.8, 4) is 0 Å². The van der Waals surface area contributed by atoms with Gasteiger partial charge in [-0.1, -0.05) is 0 Å². The van der Waals surface area contributed by atoms with E-state index in [9.17, 15) is 4.79 Å². The van der Waals surface area contributed by atoms with Crippen LogP contribution in [0.1, 0.15) is 5.56 Å². The Bertz CT molecular complexity index is 372. The van der Waals surface area contributed by atoms with Crippen LogP contribution in [0.15, 0.2) is 6.20 Å². The third kappa shape index (κ3) is 3.34. The molecule has 15 heavy (non-hydrogen) atoms. The first-order chi connectivity index (χ1) is 7.00. The topological polar surface area (TPSA) is 101 Å². The van der Waals surface area contributed by atoms with E-state index in [0.29, 0.717) is 5.82 Å². The molecule has 1 amide bonds. The van der Waals surface area contributed by atoms with Crippen molar-refractivity contribution in [1.29, 1.82) is 0 Å². The zero-order chi connectivity index (χ0) is 11.4. The number of aliphatic hydroxyl groups excluding tert-OH is 1. The third-order valence-electron chi connectivity index (χ3n) is 1.73. The van der Waals surface area contributed by atoms with Crippen molar-refractivity contribution in [2.45, 2.75) is 13.0 Å². The molecule has 0 aliphatic carbocycles. The van der Waals surface area contributed by atoms with E-state index in [4.69, 9.17) is 22.4 Å². The van der Waals surface area contributed by atoms with Crippen LogP contribution >= 0.6 is 11.6 Å². The number of nitrogens with two attached hydrogens (primary N) is 1. The molecular formula is C8H11ClN4O2. The number of rotatable bonds is 4. The Morgan fingerprint density at radius 3 is 3.07 bits per heavy atom. The molecule has 1 aromatic heterocycles. The van der Waals surface area contributed by atoms with Gasteiger partial charge < -0.3 is 16.2 Å². The number of aliphatic hydroxyl groups is 1. The molecule has 1 unspecified atom stereocenters. The second-order valence-electron chi connectivity index (χ2n) is 2.97. The Morgan fingerprint density at radius 2 is 2.47 bits per heavy atom. The molecule has 0 fully saturated rings. The largest absolute Gasteiger partial charge is 0.381 e. The standard InChI is InChI=1S/C8H11ClN4O2/c1-4-2-12-8(9)13-7(4)11-3-5(14)6(10)15/h2,5,14H,3H2,1H3,(H2,10,15)(H,11,12,13). The van der Waals surface area contributed by atoms with Crippen LogP contribution in [0, 0.1) is 6.92 Å². The van der Waals surface area contributed by atoms with Crippen molar-refractivity contribution in [2.75, 3.05) is 11.9 Å². The predicted molar refractivity (Wildman–Crippen MR) is 55.5 cm³/mol. The quantitative estimate of drug-likeness (QED) is 0.617. The lowest BCUT2D eigenvalue weighted by atomic mass is 10.3. The van der Waals surface area contributed by atoms with Crippen LogP contribution < -0.4 is 11.1 Å². The Morgan fingerprint density at radius 1 is 1.80 bits per heavy atom. The molecule has 0 aliphatic heterocycles. The van der Waals surface area contributed by atoms with Crippen molar-refractivity contribution in [2.24, 2.45) is 5.73 Å². The first-order valence-corrected chi connectivity index (χ1v) is 4.59. The van der Waals surface area contributed by atoms with Gasteiger partial charge in [-0.2, -0.15) is 0 Å². The number of nitrogens with one attached hydrogen (secondary N) is 1. The van der Waals surface area contributed by atoms with Crippen LogP contribution in [0.3, 0.4) is 0 Å². The zero-order valence-corrected chi connectivity index (χ0v) is 8.82. The van der Waals surface area contributed by atoms with Crippen LogP contribution in [0.4, 0.5) is 5.82 Å². The Balaban J connectivity index is 2.65. The van der Waals surface area contributed by atoms with E-state index in [2.05, 4.69) is 15.3 Å². The lowest BCUT2D eigenvalue weighted by Crippen LogP contribution is -2.34. The number of aromatic nitrogens is 2. The molecule has 4 N–H and O–H groups in total. The highest BCUT2D eigenvalue weighted by Gasteiger charge is 2.11. The van der Waals surface area contributed by atoms with Crippen molar-refractivity contribution in [1.82, 2.24) is 9.97 Å². The minimum absolute atomic E-state index is 0.0104. The van der Waals surface area contributed by atoms with Gasteiger partial charge in [0.15, 0.2) is 0 Å². The summed E-state index contributed by atoms with van der Waals surface area (Å²) in [6.45, 7) is 1.76. The number of hydrogen-bond acceptors (Lipinski definition) is 5. The van der Waals surface area contributed by atoms with Crippen LogP contribution in [0.5, 0.6) is 0 Å². The molecule has 82 valence electrons. The van der Waals surface area contributed by atoms with Crippen LogP contribution in [0.2, 0.25) is 5.28 Å². The van der Waals surface area contributed by atoms with E-state index in [1.165, 1.54) is 6.20 Å². The van der Waals surface area contributed by atoms with Gasteiger partial charge in [-0.15, -0.1) is 0 Å². The number of carbonyl (C=O) groups excluding carboxylic acids is 1. The maximum absolute atomic E-state index is 10.5. The summed E-state index contributed by atoms with van der Waals surface area (Å²) < 4.78 is 0. The van der Waals surface area contributed by atoms with E-state index in [0.717, 1.165) is 5.56 Å². The first-order valence-electron chi connectivity index (χ1n) is 4.21. The van der Waals surface area contributed by atoms with Crippen molar-refractivity contribution in [3.05, 3.63) is 17.0 Å². The van der Waals surface area contributed by atoms with Gasteiger partial charge in [-0.05, 0) is 18.5 Å². The molecular weight excluding hydrogens is 220 g/mol. The zero-order valence-electron chi connectivity index (χ0n) is 8.07. The Labute approximate surface area is 91.5 Å². The summed E-state index contributed by atoms with van der Waals surface area (Å²) in [4.78, 5) is 18.2. The van der Waals surface area contributed by atoms with E-state index < -0.39 is 12.0 Å². The highest BCUT2D eigenvalue weighted by Crippen LogP contribution is 2.12. The van der Waals surface area contributed by atoms with Gasteiger partial charge in [-0.25, -0.2) is 9.97 Å². The first kappa shape index (κ1) is 11.7. The summed E-state index contributed by atoms with van der Waals surface area (Å²) in [5, 5.41) is 12.0. The van der Waals surface area contributed by atoms with Crippen molar-refractivity contribution < 1.29 is 9.90 Å². The molecule has 0 spiro atoms. The number of primary amides is 1. The lowest BCUT2D eigenvalue weighted by Gasteiger charge is -2.10. The molecule has 0 saturated carbocycles. The molecule has 0 aromatic carbocycles. The number of hydrogen-bond donors (Lipinski definition) is 3. The van der Waals surface area contributed by atoms with E-state index in [1.807, 2.05) is 0 Å². The monoisotopic (exact) mass is 230 g/mol. The van der Waals surface area contributed by atoms with Crippen molar-refractivity contribution in [3.63, 3.8) is 0 Å². The molecule has 0 radical (unpaired) electrons. The fourth-order valence-corrected chi connectivity index (χ4v) is 1.03. The number of anilines is 1. The SMILES string of the molecule is Cc1cnc(Cl)nc1NCC(O)C(N)=O. The fraction of sp³-hybridized carbons (Fsp3) is 0.375. The second kappa shape index (κ2) is 4.90. The second-order valence-corrected chi connectivity index (χ2v) is 3.31. The molecule has 0 aliphatic rings. The summed E-state index contributed by atoms with van der Waals surface area (Å²) in [5.74, 6) is -0.324. The Hall–Kier alpha value is -1.40. The van der Waals surface area contributed by atoms with Crippen LogP contribution in [0.25, 0.3) is 0 Å². The molecule has 6 nitrogen and oxygen atoms in total. The highest BCUT2D eigenvalue weighted by molar-refractivity contribution is 6.28. The smallest absolute Gasteiger partial charge is 0.248 e. The summed E-state index contributed by atoms with van der Waals surface area (Å²) in [6, 6.07) is 0. The third-order valence-corrected chi connectivity index (χ3v) is 1.92. The molecule has 0 bridgehead atoms. The van der Waals surface area contributed by atoms with Crippen molar-refractivity contribution >= 4 is 23.3 Å². The predicted octanol–water partition coefficient (Wildman–Crippen LogP) is -0.303. The van der Waals surface area contributed by atoms with Gasteiger partial charge >= 0.3 is 0 Å². The summed E-state index contributed by atoms with van der Waals surface area (Å²) in [7, 11) is 0. The average molecular weight is 231 g/mol. The molecule has 1 atom stereocenters. The summed E-state index contributed by atoms with van der Waals surface area (Å²) in [6.07, 6.45) is 0.284. The fourth-order valence-electron chi connectivity index (χ4n) is 0.893. The summed E-state index contributed by atoms with van der Waals surface area (Å²) >= 11 is 5.58. The lowest BCUT2D eigenvalue weighted by molar-refractivity contribution is -0.125. The van der Waals surface area contributed by atoms with Gasteiger partial charge in [0.05, 0.1) is 6.54 Å². The number of aryl methyl sites for hydroxylation is 1. The molecule has 1 rings (SSSR count). The molecule has 7 heteroatoms. The number of amides is 1. The number of carbonyl (C=O) groups is 1. The normalized spacial score (nSPS) is 12.2. The maximum atomic E-state index is 10.5. The van der Waals surface area contributed by atoms with Crippen LogP contribution in [-0.2, 0) is 4.79 Å². The van der Waals surface area contributed by atoms with E-state index in [1.54, 1.807) is 6.92 Å². The minimum atomic E-state index is -1.25. The average Bonchev–Trinajstić information content (AvgIpc) is 2.18. The molecule has 0 saturated heterocycles. The molecule has 1 heterocycles. The van der Waals surface area contributed by atoms with Gasteiger partial charge in [0.1, 0.15) is 11.9 Å². The molecule has 1 aromatic rings. The van der Waals surface area contributed by atoms with Gasteiger partial charge in [0, 0.05) is 11.8 Å². The minimum Gasteiger partial charge on any atom is -0.381 e. The van der Waals surface area contributed by atoms with Gasteiger partial charge in [-0.3, -0.25) is 4.79 Å². The van der Waals surface area contributed by atoms with E-state index in [-0.39, 0.29) is 11.8 Å². The highest BCUT2D eigenvalue weighted by atomic mass is 35.5. The van der Waals surface area contributed by atoms with Gasteiger partial charge in [0.2, 0.25) is 11.2 Å². The number of nitrogens with zero attached hydrogens (tertiary/aromatic N) is 2. The van der Waals surface area contributed by atoms with E-state index >= 15 is 0 Å². The van der Waals surface area contributed by atoms with Crippen LogP contribution in [-0.4, -0.2) is 33.6 Å². The Kier molecular flexibility index (Phi) is 3.81. The van der Waals surface area contributed by atoms with Gasteiger partial charge in [0.25, 0.3) is 0 Å². The maximum Gasteiger partial charge on any atom is 0.248 e. The summed E-state index contributed by atoms with van der Waals surface area (Å²) in [5.41, 5.74) is 5.64. The number of halogens is 1.